The Morgan fingerprint density at radius 3 is 2.32 bits per heavy atom. The lowest BCUT2D eigenvalue weighted by atomic mass is 9.97. The average Bonchev–Trinajstić information content (AvgIpc) is 2.35. The molecular formula is C13H22N2O3S. The number of nitrogen functional groups attached to an aromatic ring is 1. The van der Waals surface area contributed by atoms with Crippen molar-refractivity contribution in [3.05, 3.63) is 18.2 Å². The fourth-order valence-corrected chi connectivity index (χ4v) is 2.35. The van der Waals surface area contributed by atoms with E-state index < -0.39 is 15.4 Å². The summed E-state index contributed by atoms with van der Waals surface area (Å²) in [4.78, 5) is 0.191. The van der Waals surface area contributed by atoms with E-state index in [2.05, 4.69) is 5.32 Å². The molecule has 0 aliphatic carbocycles. The Labute approximate surface area is 114 Å². The van der Waals surface area contributed by atoms with Crippen molar-refractivity contribution in [2.75, 3.05) is 23.9 Å². The van der Waals surface area contributed by atoms with Crippen molar-refractivity contribution in [2.45, 2.75) is 37.2 Å². The van der Waals surface area contributed by atoms with Gasteiger partial charge in [0, 0.05) is 12.8 Å². The van der Waals surface area contributed by atoms with Crippen molar-refractivity contribution in [3.63, 3.8) is 0 Å². The normalized spacial score (nSPS) is 12.4. The molecule has 5 nitrogen and oxygen atoms in total. The molecular weight excluding hydrogens is 264 g/mol. The summed E-state index contributed by atoms with van der Waals surface area (Å²) >= 11 is 0. The lowest BCUT2D eigenvalue weighted by molar-refractivity contribution is 0.0457. The maximum atomic E-state index is 11.4. The van der Waals surface area contributed by atoms with E-state index in [-0.39, 0.29) is 4.90 Å². The Morgan fingerprint density at radius 1 is 1.32 bits per heavy atom. The van der Waals surface area contributed by atoms with E-state index in [4.69, 9.17) is 5.73 Å². The standard InChI is InChI=1S/C13H22N2O3S/c1-4-13(16,5-2)9-15-12-7-6-10(8-11(12)14)19(3,17)18/h6-8,15-16H,4-5,9,14H2,1-3H3. The molecule has 0 radical (unpaired) electrons. The first-order chi connectivity index (χ1) is 8.72. The highest BCUT2D eigenvalue weighted by atomic mass is 32.2. The number of aliphatic hydroxyl groups is 1. The zero-order valence-electron chi connectivity index (χ0n) is 11.6. The molecule has 4 N–H and O–H groups in total. The van der Waals surface area contributed by atoms with E-state index in [9.17, 15) is 13.5 Å². The van der Waals surface area contributed by atoms with Crippen LogP contribution in [0.15, 0.2) is 23.1 Å². The van der Waals surface area contributed by atoms with Gasteiger partial charge in [0.05, 0.1) is 21.9 Å². The van der Waals surface area contributed by atoms with Crippen molar-refractivity contribution < 1.29 is 13.5 Å². The van der Waals surface area contributed by atoms with Gasteiger partial charge in [0.1, 0.15) is 0 Å². The van der Waals surface area contributed by atoms with Gasteiger partial charge in [-0.25, -0.2) is 8.42 Å². The predicted molar refractivity (Wildman–Crippen MR) is 78.0 cm³/mol. The number of sulfone groups is 1. The molecule has 0 bridgehead atoms. The smallest absolute Gasteiger partial charge is 0.175 e. The Morgan fingerprint density at radius 2 is 1.89 bits per heavy atom. The van der Waals surface area contributed by atoms with E-state index >= 15 is 0 Å². The topological polar surface area (TPSA) is 92.4 Å². The lowest BCUT2D eigenvalue weighted by Gasteiger charge is -2.26. The Bertz CT molecular complexity index is 537. The van der Waals surface area contributed by atoms with E-state index in [0.29, 0.717) is 30.8 Å². The van der Waals surface area contributed by atoms with Crippen molar-refractivity contribution in [2.24, 2.45) is 0 Å². The maximum absolute atomic E-state index is 11.4. The molecule has 0 atom stereocenters. The van der Waals surface area contributed by atoms with Gasteiger partial charge in [0.15, 0.2) is 9.84 Å². The number of benzene rings is 1. The highest BCUT2D eigenvalue weighted by Crippen LogP contribution is 2.24. The summed E-state index contributed by atoms with van der Waals surface area (Å²) < 4.78 is 22.8. The minimum Gasteiger partial charge on any atom is -0.397 e. The molecule has 19 heavy (non-hydrogen) atoms. The molecule has 1 aromatic carbocycles. The van der Waals surface area contributed by atoms with Gasteiger partial charge < -0.3 is 16.2 Å². The van der Waals surface area contributed by atoms with Crippen LogP contribution in [0.25, 0.3) is 0 Å². The SMILES string of the molecule is CCC(O)(CC)CNc1ccc(S(C)(=O)=O)cc1N. The largest absolute Gasteiger partial charge is 0.397 e. The van der Waals surface area contributed by atoms with Crippen molar-refractivity contribution in [1.82, 2.24) is 0 Å². The van der Waals surface area contributed by atoms with Crippen LogP contribution in [0.2, 0.25) is 0 Å². The molecule has 0 saturated heterocycles. The van der Waals surface area contributed by atoms with Gasteiger partial charge in [-0.15, -0.1) is 0 Å². The number of hydrogen-bond donors (Lipinski definition) is 3. The minimum atomic E-state index is -3.25. The second-order valence-electron chi connectivity index (χ2n) is 4.81. The van der Waals surface area contributed by atoms with E-state index in [1.807, 2.05) is 13.8 Å². The summed E-state index contributed by atoms with van der Waals surface area (Å²) in [7, 11) is -3.25. The van der Waals surface area contributed by atoms with E-state index in [1.165, 1.54) is 12.1 Å². The monoisotopic (exact) mass is 286 g/mol. The molecule has 0 spiro atoms. The first kappa shape index (κ1) is 15.8. The fraction of sp³-hybridized carbons (Fsp3) is 0.538. The number of rotatable bonds is 6. The third-order valence-corrected chi connectivity index (χ3v) is 4.49. The molecule has 6 heteroatoms. The highest BCUT2D eigenvalue weighted by molar-refractivity contribution is 7.90. The van der Waals surface area contributed by atoms with Crippen molar-refractivity contribution in [3.8, 4) is 0 Å². The van der Waals surface area contributed by atoms with Gasteiger partial charge in [-0.1, -0.05) is 13.8 Å². The molecule has 0 heterocycles. The van der Waals surface area contributed by atoms with Crippen LogP contribution in [0.4, 0.5) is 11.4 Å². The van der Waals surface area contributed by atoms with Crippen LogP contribution in [-0.2, 0) is 9.84 Å². The summed E-state index contributed by atoms with van der Waals surface area (Å²) in [6, 6.07) is 4.55. The Hall–Kier alpha value is -1.27. The first-order valence-electron chi connectivity index (χ1n) is 6.27. The molecule has 1 rings (SSSR count). The molecule has 108 valence electrons. The number of hydrogen-bond acceptors (Lipinski definition) is 5. The number of nitrogens with one attached hydrogen (secondary N) is 1. The predicted octanol–water partition coefficient (Wildman–Crippen LogP) is 1.64. The van der Waals surface area contributed by atoms with E-state index in [0.717, 1.165) is 6.26 Å². The second kappa shape index (κ2) is 5.79. The number of anilines is 2. The molecule has 0 unspecified atom stereocenters. The minimum absolute atomic E-state index is 0.191. The maximum Gasteiger partial charge on any atom is 0.175 e. The van der Waals surface area contributed by atoms with Crippen LogP contribution >= 0.6 is 0 Å². The second-order valence-corrected chi connectivity index (χ2v) is 6.82. The van der Waals surface area contributed by atoms with Crippen LogP contribution in [0.5, 0.6) is 0 Å². The third kappa shape index (κ3) is 4.11. The molecule has 0 aliphatic heterocycles. The lowest BCUT2D eigenvalue weighted by Crippen LogP contribution is -2.35. The first-order valence-corrected chi connectivity index (χ1v) is 8.17. The molecule has 0 aromatic heterocycles. The van der Waals surface area contributed by atoms with Crippen LogP contribution in [0.3, 0.4) is 0 Å². The zero-order valence-corrected chi connectivity index (χ0v) is 12.4. The number of nitrogens with two attached hydrogens (primary N) is 1. The summed E-state index contributed by atoms with van der Waals surface area (Å²) in [6.07, 6.45) is 2.41. The summed E-state index contributed by atoms with van der Waals surface area (Å²) in [5, 5.41) is 13.2. The molecule has 0 saturated carbocycles. The van der Waals surface area contributed by atoms with Crippen molar-refractivity contribution in [1.29, 1.82) is 0 Å². The van der Waals surface area contributed by atoms with Crippen LogP contribution in [-0.4, -0.2) is 31.9 Å². The van der Waals surface area contributed by atoms with Gasteiger partial charge in [0.25, 0.3) is 0 Å². The van der Waals surface area contributed by atoms with E-state index in [1.54, 1.807) is 6.07 Å². The molecule has 0 amide bonds. The summed E-state index contributed by atoms with van der Waals surface area (Å²) in [6.45, 7) is 4.21. The zero-order chi connectivity index (χ0) is 14.7. The van der Waals surface area contributed by atoms with Gasteiger partial charge in [-0.2, -0.15) is 0 Å². The quantitative estimate of drug-likeness (QED) is 0.691. The van der Waals surface area contributed by atoms with Crippen LogP contribution < -0.4 is 11.1 Å². The van der Waals surface area contributed by atoms with Gasteiger partial charge >= 0.3 is 0 Å². The Kier molecular flexibility index (Phi) is 4.81. The summed E-state index contributed by atoms with van der Waals surface area (Å²) in [5.41, 5.74) is 6.04. The Balaban J connectivity index is 2.87. The van der Waals surface area contributed by atoms with Gasteiger partial charge in [-0.3, -0.25) is 0 Å². The molecule has 0 fully saturated rings. The van der Waals surface area contributed by atoms with Crippen LogP contribution in [0, 0.1) is 0 Å². The fourth-order valence-electron chi connectivity index (χ4n) is 1.69. The highest BCUT2D eigenvalue weighted by Gasteiger charge is 2.22. The third-order valence-electron chi connectivity index (χ3n) is 3.38. The van der Waals surface area contributed by atoms with Gasteiger partial charge in [-0.05, 0) is 31.0 Å². The molecule has 0 aliphatic rings. The van der Waals surface area contributed by atoms with Crippen LogP contribution in [0.1, 0.15) is 26.7 Å². The van der Waals surface area contributed by atoms with Crippen molar-refractivity contribution >= 4 is 21.2 Å². The summed E-state index contributed by atoms with van der Waals surface area (Å²) in [5.74, 6) is 0. The van der Waals surface area contributed by atoms with Gasteiger partial charge in [0.2, 0.25) is 0 Å². The molecule has 1 aromatic rings. The average molecular weight is 286 g/mol.